The third-order valence-corrected chi connectivity index (χ3v) is 4.80. The molecule has 136 valence electrons. The van der Waals surface area contributed by atoms with Crippen molar-refractivity contribution in [3.63, 3.8) is 0 Å². The van der Waals surface area contributed by atoms with Crippen LogP contribution in [-0.4, -0.2) is 64.3 Å². The van der Waals surface area contributed by atoms with Gasteiger partial charge in [0, 0.05) is 51.0 Å². The number of nitrogens with zero attached hydrogens (tertiary/aromatic N) is 4. The van der Waals surface area contributed by atoms with Gasteiger partial charge in [-0.3, -0.25) is 14.4 Å². The molecule has 2 aliphatic heterocycles. The molecule has 1 unspecified atom stereocenters. The Hall–Kier alpha value is -1.11. The molecule has 3 rings (SSSR count). The molecule has 1 aromatic rings. The van der Waals surface area contributed by atoms with Crippen LogP contribution in [0.3, 0.4) is 0 Å². The van der Waals surface area contributed by atoms with Crippen LogP contribution in [0.4, 0.5) is 0 Å². The summed E-state index contributed by atoms with van der Waals surface area (Å²) in [5.41, 5.74) is 1.27. The van der Waals surface area contributed by atoms with Gasteiger partial charge in [0.05, 0.1) is 12.2 Å². The summed E-state index contributed by atoms with van der Waals surface area (Å²) in [6, 6.07) is 0.0637. The molecule has 0 radical (unpaired) electrons. The molecule has 2 saturated heterocycles. The van der Waals surface area contributed by atoms with E-state index in [0.29, 0.717) is 5.91 Å². The second-order valence-electron chi connectivity index (χ2n) is 6.72. The van der Waals surface area contributed by atoms with Crippen molar-refractivity contribution in [2.45, 2.75) is 51.7 Å². The molecule has 2 fully saturated rings. The van der Waals surface area contributed by atoms with E-state index < -0.39 is 0 Å². The number of carbonyl (C=O) groups excluding carboxylic acids is 1. The number of hydrogen-bond acceptors (Lipinski definition) is 4. The Balaban J connectivity index is 0.00000208. The lowest BCUT2D eigenvalue weighted by Crippen LogP contribution is -2.45. The Morgan fingerprint density at radius 1 is 1.29 bits per heavy atom. The summed E-state index contributed by atoms with van der Waals surface area (Å²) in [4.78, 5) is 17.0. The fraction of sp³-hybridized carbons (Fsp3) is 0.765. The van der Waals surface area contributed by atoms with Crippen molar-refractivity contribution in [3.8, 4) is 0 Å². The van der Waals surface area contributed by atoms with Crippen molar-refractivity contribution in [2.75, 3.05) is 32.7 Å². The summed E-state index contributed by atoms with van der Waals surface area (Å²) in [6.07, 6.45) is 8.41. The van der Waals surface area contributed by atoms with Gasteiger partial charge in [-0.1, -0.05) is 6.92 Å². The van der Waals surface area contributed by atoms with E-state index in [-0.39, 0.29) is 18.4 Å². The van der Waals surface area contributed by atoms with Gasteiger partial charge in [0.15, 0.2) is 0 Å². The van der Waals surface area contributed by atoms with E-state index in [1.807, 2.05) is 10.9 Å². The van der Waals surface area contributed by atoms with Crippen LogP contribution >= 0.6 is 12.4 Å². The van der Waals surface area contributed by atoms with Crippen LogP contribution in [-0.2, 0) is 17.9 Å². The van der Waals surface area contributed by atoms with E-state index >= 15 is 0 Å². The summed E-state index contributed by atoms with van der Waals surface area (Å²) in [7, 11) is 0. The Bertz CT molecular complexity index is 515. The van der Waals surface area contributed by atoms with Crippen LogP contribution in [0.2, 0.25) is 0 Å². The number of nitrogens with one attached hydrogen (secondary N) is 1. The minimum Gasteiger partial charge on any atom is -0.340 e. The molecule has 1 N–H and O–H groups in total. The molecule has 1 amide bonds. The molecule has 2 aliphatic rings. The molecule has 0 spiro atoms. The molecule has 7 heteroatoms. The Kier molecular flexibility index (Phi) is 7.52. The zero-order chi connectivity index (χ0) is 16.1. The smallest absolute Gasteiger partial charge is 0.239 e. The topological polar surface area (TPSA) is 53.4 Å². The normalized spacial score (nSPS) is 22.2. The van der Waals surface area contributed by atoms with Gasteiger partial charge in [0.1, 0.15) is 0 Å². The van der Waals surface area contributed by atoms with Gasteiger partial charge in [0.25, 0.3) is 0 Å². The summed E-state index contributed by atoms with van der Waals surface area (Å²) in [6.45, 7) is 8.82. The SMILES string of the molecule is CCCn1cc(CN2CCCN(C(=O)C3CCCN3)CC2)cn1.Cl. The maximum atomic E-state index is 12.5. The summed E-state index contributed by atoms with van der Waals surface area (Å²) >= 11 is 0. The van der Waals surface area contributed by atoms with Crippen LogP contribution in [0.15, 0.2) is 12.4 Å². The highest BCUT2D eigenvalue weighted by Gasteiger charge is 2.28. The first-order valence-electron chi connectivity index (χ1n) is 9.02. The molecule has 1 atom stereocenters. The zero-order valence-electron chi connectivity index (χ0n) is 14.6. The van der Waals surface area contributed by atoms with E-state index in [2.05, 4.69) is 33.3 Å². The van der Waals surface area contributed by atoms with Crippen molar-refractivity contribution in [3.05, 3.63) is 18.0 Å². The lowest BCUT2D eigenvalue weighted by Gasteiger charge is -2.24. The average Bonchev–Trinajstić information content (AvgIpc) is 3.17. The Morgan fingerprint density at radius 3 is 2.92 bits per heavy atom. The average molecular weight is 356 g/mol. The quantitative estimate of drug-likeness (QED) is 0.869. The molecule has 0 aliphatic carbocycles. The third kappa shape index (κ3) is 4.94. The molecule has 3 heterocycles. The predicted molar refractivity (Wildman–Crippen MR) is 97.3 cm³/mol. The van der Waals surface area contributed by atoms with Gasteiger partial charge in [-0.15, -0.1) is 12.4 Å². The maximum absolute atomic E-state index is 12.5. The van der Waals surface area contributed by atoms with E-state index in [9.17, 15) is 4.79 Å². The lowest BCUT2D eigenvalue weighted by molar-refractivity contribution is -0.132. The first kappa shape index (κ1) is 19.2. The predicted octanol–water partition coefficient (Wildman–Crippen LogP) is 1.50. The van der Waals surface area contributed by atoms with E-state index in [0.717, 1.165) is 71.5 Å². The van der Waals surface area contributed by atoms with Crippen molar-refractivity contribution >= 4 is 18.3 Å². The fourth-order valence-corrected chi connectivity index (χ4v) is 3.56. The summed E-state index contributed by atoms with van der Waals surface area (Å²) < 4.78 is 2.02. The van der Waals surface area contributed by atoms with Crippen molar-refractivity contribution in [1.29, 1.82) is 0 Å². The second kappa shape index (κ2) is 9.39. The number of carbonyl (C=O) groups is 1. The van der Waals surface area contributed by atoms with E-state index in [4.69, 9.17) is 0 Å². The number of halogens is 1. The fourth-order valence-electron chi connectivity index (χ4n) is 3.56. The Morgan fingerprint density at radius 2 is 2.17 bits per heavy atom. The van der Waals surface area contributed by atoms with Gasteiger partial charge in [-0.05, 0) is 32.2 Å². The summed E-state index contributed by atoms with van der Waals surface area (Å²) in [5, 5.41) is 7.73. The van der Waals surface area contributed by atoms with E-state index in [1.165, 1.54) is 5.56 Å². The first-order chi connectivity index (χ1) is 11.3. The van der Waals surface area contributed by atoms with Crippen LogP contribution in [0, 0.1) is 0 Å². The zero-order valence-corrected chi connectivity index (χ0v) is 15.4. The van der Waals surface area contributed by atoms with Gasteiger partial charge >= 0.3 is 0 Å². The highest BCUT2D eigenvalue weighted by molar-refractivity contribution is 5.85. The Labute approximate surface area is 151 Å². The largest absolute Gasteiger partial charge is 0.340 e. The van der Waals surface area contributed by atoms with Gasteiger partial charge in [-0.2, -0.15) is 5.10 Å². The lowest BCUT2D eigenvalue weighted by atomic mass is 10.2. The molecular weight excluding hydrogens is 326 g/mol. The van der Waals surface area contributed by atoms with Crippen LogP contribution in [0.5, 0.6) is 0 Å². The van der Waals surface area contributed by atoms with Crippen molar-refractivity contribution < 1.29 is 4.79 Å². The van der Waals surface area contributed by atoms with Crippen molar-refractivity contribution in [2.24, 2.45) is 0 Å². The number of amides is 1. The minimum absolute atomic E-state index is 0. The molecular formula is C17H30ClN5O. The van der Waals surface area contributed by atoms with Crippen molar-refractivity contribution in [1.82, 2.24) is 24.9 Å². The third-order valence-electron chi connectivity index (χ3n) is 4.80. The standard InChI is InChI=1S/C17H29N5O.ClH/c1-2-7-22-14-15(12-19-22)13-20-8-4-9-21(11-10-20)17(23)16-5-3-6-18-16;/h12,14,16,18H,2-11,13H2,1H3;1H. The number of hydrogen-bond donors (Lipinski definition) is 1. The highest BCUT2D eigenvalue weighted by atomic mass is 35.5. The van der Waals surface area contributed by atoms with Crippen LogP contribution < -0.4 is 5.32 Å². The molecule has 6 nitrogen and oxygen atoms in total. The van der Waals surface area contributed by atoms with Crippen LogP contribution in [0.25, 0.3) is 0 Å². The highest BCUT2D eigenvalue weighted by Crippen LogP contribution is 2.13. The second-order valence-corrected chi connectivity index (χ2v) is 6.72. The monoisotopic (exact) mass is 355 g/mol. The van der Waals surface area contributed by atoms with Crippen LogP contribution in [0.1, 0.15) is 38.2 Å². The maximum Gasteiger partial charge on any atom is 0.239 e. The van der Waals surface area contributed by atoms with Gasteiger partial charge in [0.2, 0.25) is 5.91 Å². The van der Waals surface area contributed by atoms with Gasteiger partial charge in [-0.25, -0.2) is 0 Å². The molecule has 24 heavy (non-hydrogen) atoms. The summed E-state index contributed by atoms with van der Waals surface area (Å²) in [5.74, 6) is 0.306. The molecule has 0 saturated carbocycles. The molecule has 0 bridgehead atoms. The number of aryl methyl sites for hydroxylation is 1. The minimum atomic E-state index is 0. The van der Waals surface area contributed by atoms with E-state index in [1.54, 1.807) is 0 Å². The molecule has 0 aromatic carbocycles. The van der Waals surface area contributed by atoms with Gasteiger partial charge < -0.3 is 10.2 Å². The number of aromatic nitrogens is 2. The molecule has 1 aromatic heterocycles. The first-order valence-corrected chi connectivity index (χ1v) is 9.02. The number of rotatable bonds is 5.